The molecule has 130 valence electrons. The number of hydrogen-bond donors (Lipinski definition) is 1. The van der Waals surface area contributed by atoms with Crippen molar-refractivity contribution >= 4 is 11.9 Å². The molecule has 0 unspecified atom stereocenters. The molecule has 1 amide bonds. The summed E-state index contributed by atoms with van der Waals surface area (Å²) in [5, 5.41) is 3.30. The van der Waals surface area contributed by atoms with E-state index in [1.54, 1.807) is 12.4 Å². The van der Waals surface area contributed by atoms with Crippen LogP contribution in [0.5, 0.6) is 0 Å². The lowest BCUT2D eigenvalue weighted by Crippen LogP contribution is -2.65. The summed E-state index contributed by atoms with van der Waals surface area (Å²) in [6, 6.07) is 12.1. The number of carbonyl (C=O) groups excluding carboxylic acids is 1. The van der Waals surface area contributed by atoms with Gasteiger partial charge in [0.1, 0.15) is 0 Å². The zero-order valence-electron chi connectivity index (χ0n) is 14.3. The maximum absolute atomic E-state index is 13.2. The van der Waals surface area contributed by atoms with Gasteiger partial charge in [-0.3, -0.25) is 4.79 Å². The summed E-state index contributed by atoms with van der Waals surface area (Å²) >= 11 is 0. The number of amides is 1. The molecule has 0 atom stereocenters. The van der Waals surface area contributed by atoms with Gasteiger partial charge in [-0.25, -0.2) is 9.97 Å². The van der Waals surface area contributed by atoms with Crippen LogP contribution in [-0.2, 0) is 11.2 Å². The van der Waals surface area contributed by atoms with Crippen LogP contribution in [0, 0.1) is 5.41 Å². The number of nitrogens with zero attached hydrogens (tertiary/aromatic N) is 4. The highest BCUT2D eigenvalue weighted by Crippen LogP contribution is 2.31. The maximum atomic E-state index is 13.2. The third-order valence-corrected chi connectivity index (χ3v) is 5.17. The van der Waals surface area contributed by atoms with E-state index in [2.05, 4.69) is 32.3 Å². The second-order valence-corrected chi connectivity index (χ2v) is 6.87. The van der Waals surface area contributed by atoms with Crippen LogP contribution in [0.15, 0.2) is 48.8 Å². The predicted molar refractivity (Wildman–Crippen MR) is 96.3 cm³/mol. The largest absolute Gasteiger partial charge is 0.339 e. The SMILES string of the molecule is O=C(N1CCN(c2ncccn2)CC1)C1(Cc2ccccc2)CNC1. The topological polar surface area (TPSA) is 61.4 Å². The fourth-order valence-electron chi connectivity index (χ4n) is 3.66. The molecule has 2 aromatic rings. The average Bonchev–Trinajstić information content (AvgIpc) is 2.66. The first kappa shape index (κ1) is 16.0. The first-order valence-electron chi connectivity index (χ1n) is 8.83. The number of rotatable bonds is 4. The minimum absolute atomic E-state index is 0.281. The molecule has 4 rings (SSSR count). The normalized spacial score (nSPS) is 19.4. The van der Waals surface area contributed by atoms with E-state index in [0.29, 0.717) is 0 Å². The summed E-state index contributed by atoms with van der Waals surface area (Å²) in [5.41, 5.74) is 0.945. The minimum atomic E-state index is -0.285. The summed E-state index contributed by atoms with van der Waals surface area (Å²) in [6.07, 6.45) is 4.32. The number of anilines is 1. The molecule has 0 spiro atoms. The van der Waals surface area contributed by atoms with Crippen LogP contribution in [-0.4, -0.2) is 60.0 Å². The molecule has 0 saturated carbocycles. The summed E-state index contributed by atoms with van der Waals surface area (Å²) in [7, 11) is 0. The third kappa shape index (κ3) is 3.22. The minimum Gasteiger partial charge on any atom is -0.339 e. The zero-order chi connectivity index (χ0) is 17.1. The van der Waals surface area contributed by atoms with Crippen LogP contribution >= 0.6 is 0 Å². The Balaban J connectivity index is 1.41. The Labute approximate surface area is 147 Å². The van der Waals surface area contributed by atoms with E-state index >= 15 is 0 Å². The van der Waals surface area contributed by atoms with Gasteiger partial charge in [0, 0.05) is 51.7 Å². The van der Waals surface area contributed by atoms with Gasteiger partial charge in [0.15, 0.2) is 0 Å². The Morgan fingerprint density at radius 3 is 2.28 bits per heavy atom. The molecule has 0 aliphatic carbocycles. The van der Waals surface area contributed by atoms with Crippen LogP contribution < -0.4 is 10.2 Å². The first-order valence-corrected chi connectivity index (χ1v) is 8.83. The van der Waals surface area contributed by atoms with Gasteiger partial charge in [-0.15, -0.1) is 0 Å². The Morgan fingerprint density at radius 1 is 1.00 bits per heavy atom. The predicted octanol–water partition coefficient (Wildman–Crippen LogP) is 0.957. The highest BCUT2D eigenvalue weighted by molar-refractivity contribution is 5.85. The highest BCUT2D eigenvalue weighted by Gasteiger charge is 2.46. The molecule has 0 bridgehead atoms. The molecule has 2 fully saturated rings. The van der Waals surface area contributed by atoms with Crippen molar-refractivity contribution in [1.29, 1.82) is 0 Å². The molecule has 6 nitrogen and oxygen atoms in total. The molecular formula is C19H23N5O. The van der Waals surface area contributed by atoms with Crippen LogP contribution in [0.3, 0.4) is 0 Å². The molecule has 6 heteroatoms. The summed E-state index contributed by atoms with van der Waals surface area (Å²) < 4.78 is 0. The number of aromatic nitrogens is 2. The monoisotopic (exact) mass is 337 g/mol. The molecule has 2 aliphatic heterocycles. The molecule has 1 aromatic heterocycles. The van der Waals surface area contributed by atoms with E-state index in [-0.39, 0.29) is 11.3 Å². The summed E-state index contributed by atoms with van der Waals surface area (Å²) in [4.78, 5) is 26.0. The maximum Gasteiger partial charge on any atom is 0.231 e. The van der Waals surface area contributed by atoms with Gasteiger partial charge in [-0.05, 0) is 18.1 Å². The van der Waals surface area contributed by atoms with Crippen molar-refractivity contribution in [2.45, 2.75) is 6.42 Å². The van der Waals surface area contributed by atoms with Crippen molar-refractivity contribution in [2.24, 2.45) is 5.41 Å². The fraction of sp³-hybridized carbons (Fsp3) is 0.421. The number of benzene rings is 1. The third-order valence-electron chi connectivity index (χ3n) is 5.17. The van der Waals surface area contributed by atoms with Gasteiger partial charge in [-0.1, -0.05) is 30.3 Å². The molecule has 3 heterocycles. The molecule has 1 aromatic carbocycles. The van der Waals surface area contributed by atoms with Gasteiger partial charge in [0.05, 0.1) is 5.41 Å². The Hall–Kier alpha value is -2.47. The van der Waals surface area contributed by atoms with Crippen LogP contribution in [0.2, 0.25) is 0 Å². The van der Waals surface area contributed by atoms with Crippen molar-refractivity contribution in [2.75, 3.05) is 44.2 Å². The van der Waals surface area contributed by atoms with Crippen molar-refractivity contribution < 1.29 is 4.79 Å². The Morgan fingerprint density at radius 2 is 1.68 bits per heavy atom. The highest BCUT2D eigenvalue weighted by atomic mass is 16.2. The second kappa shape index (κ2) is 6.80. The van der Waals surface area contributed by atoms with Crippen LogP contribution in [0.4, 0.5) is 5.95 Å². The van der Waals surface area contributed by atoms with E-state index < -0.39 is 0 Å². The van der Waals surface area contributed by atoms with E-state index in [4.69, 9.17) is 0 Å². The first-order chi connectivity index (χ1) is 12.3. The molecule has 1 N–H and O–H groups in total. The van der Waals surface area contributed by atoms with Crippen molar-refractivity contribution in [3.63, 3.8) is 0 Å². The lowest BCUT2D eigenvalue weighted by atomic mass is 9.75. The van der Waals surface area contributed by atoms with Gasteiger partial charge >= 0.3 is 0 Å². The zero-order valence-corrected chi connectivity index (χ0v) is 14.3. The van der Waals surface area contributed by atoms with Crippen LogP contribution in [0.1, 0.15) is 5.56 Å². The van der Waals surface area contributed by atoms with Gasteiger partial charge in [0.25, 0.3) is 0 Å². The van der Waals surface area contributed by atoms with E-state index in [1.165, 1.54) is 5.56 Å². The number of piperazine rings is 1. The fourth-order valence-corrected chi connectivity index (χ4v) is 3.66. The lowest BCUT2D eigenvalue weighted by Gasteiger charge is -2.46. The smallest absolute Gasteiger partial charge is 0.231 e. The average molecular weight is 337 g/mol. The van der Waals surface area contributed by atoms with Crippen molar-refractivity contribution in [3.05, 3.63) is 54.4 Å². The molecular weight excluding hydrogens is 314 g/mol. The van der Waals surface area contributed by atoms with Gasteiger partial charge in [-0.2, -0.15) is 0 Å². The summed E-state index contributed by atoms with van der Waals surface area (Å²) in [6.45, 7) is 4.56. The Bertz CT molecular complexity index is 709. The number of carbonyl (C=O) groups is 1. The van der Waals surface area contributed by atoms with E-state index in [1.807, 2.05) is 29.2 Å². The second-order valence-electron chi connectivity index (χ2n) is 6.87. The molecule has 0 radical (unpaired) electrons. The number of hydrogen-bond acceptors (Lipinski definition) is 5. The van der Waals surface area contributed by atoms with Crippen molar-refractivity contribution in [3.8, 4) is 0 Å². The molecule has 2 aliphatic rings. The van der Waals surface area contributed by atoms with Crippen molar-refractivity contribution in [1.82, 2.24) is 20.2 Å². The Kier molecular flexibility index (Phi) is 4.36. The molecule has 2 saturated heterocycles. The van der Waals surface area contributed by atoms with Gasteiger partial charge < -0.3 is 15.1 Å². The van der Waals surface area contributed by atoms with E-state index in [0.717, 1.165) is 51.6 Å². The number of nitrogens with one attached hydrogen (secondary N) is 1. The summed E-state index contributed by atoms with van der Waals surface area (Å²) in [5.74, 6) is 1.03. The van der Waals surface area contributed by atoms with Gasteiger partial charge in [0.2, 0.25) is 11.9 Å². The quantitative estimate of drug-likeness (QED) is 0.900. The van der Waals surface area contributed by atoms with E-state index in [9.17, 15) is 4.79 Å². The standard InChI is InChI=1S/C19H23N5O/c25-17(19(14-20-15-19)13-16-5-2-1-3-6-16)23-9-11-24(12-10-23)18-21-7-4-8-22-18/h1-8,20H,9-15H2. The van der Waals surface area contributed by atoms with Crippen LogP contribution in [0.25, 0.3) is 0 Å². The molecule has 25 heavy (non-hydrogen) atoms. The lowest BCUT2D eigenvalue weighted by molar-refractivity contribution is -0.145.